The first-order valence-corrected chi connectivity index (χ1v) is 11.4. The number of aryl methyl sites for hydroxylation is 1. The number of para-hydroxylation sites is 1. The number of halogens is 1. The molecule has 0 saturated heterocycles. The molecule has 3 aromatic carbocycles. The first kappa shape index (κ1) is 22.5. The van der Waals surface area contributed by atoms with Crippen LogP contribution in [0.5, 0.6) is 5.75 Å². The second kappa shape index (κ2) is 10.8. The van der Waals surface area contributed by atoms with Gasteiger partial charge in [0.15, 0.2) is 17.6 Å². The van der Waals surface area contributed by atoms with E-state index >= 15 is 0 Å². The largest absolute Gasteiger partial charge is 0.484 e. The fourth-order valence-electron chi connectivity index (χ4n) is 3.08. The molecular formula is C25H23FN4O2S. The molecule has 1 heterocycles. The lowest BCUT2D eigenvalue weighted by Crippen LogP contribution is -2.29. The molecule has 0 fully saturated rings. The van der Waals surface area contributed by atoms with Gasteiger partial charge in [-0.3, -0.25) is 9.36 Å². The lowest BCUT2D eigenvalue weighted by atomic mass is 10.2. The van der Waals surface area contributed by atoms with Gasteiger partial charge in [-0.2, -0.15) is 0 Å². The predicted molar refractivity (Wildman–Crippen MR) is 126 cm³/mol. The van der Waals surface area contributed by atoms with Gasteiger partial charge < -0.3 is 10.1 Å². The molecule has 0 radical (unpaired) electrons. The Balaban J connectivity index is 1.46. The molecule has 4 rings (SSSR count). The van der Waals surface area contributed by atoms with Gasteiger partial charge in [0.1, 0.15) is 11.6 Å². The second-order valence-corrected chi connectivity index (χ2v) is 8.31. The minimum atomic E-state index is -0.263. The molecule has 168 valence electrons. The number of aromatic nitrogens is 3. The molecule has 0 bridgehead atoms. The number of carbonyl (C=O) groups is 1. The van der Waals surface area contributed by atoms with Gasteiger partial charge in [0.05, 0.1) is 6.54 Å². The van der Waals surface area contributed by atoms with E-state index < -0.39 is 0 Å². The number of carbonyl (C=O) groups excluding carboxylic acids is 1. The summed E-state index contributed by atoms with van der Waals surface area (Å²) in [6, 6.07) is 23.6. The van der Waals surface area contributed by atoms with E-state index in [-0.39, 0.29) is 24.9 Å². The quantitative estimate of drug-likeness (QED) is 0.365. The summed E-state index contributed by atoms with van der Waals surface area (Å²) in [7, 11) is 0. The van der Waals surface area contributed by atoms with Crippen LogP contribution in [-0.4, -0.2) is 27.3 Å². The topological polar surface area (TPSA) is 69.0 Å². The van der Waals surface area contributed by atoms with E-state index in [1.807, 2.05) is 54.0 Å². The van der Waals surface area contributed by atoms with E-state index in [1.165, 1.54) is 23.9 Å². The first-order valence-electron chi connectivity index (χ1n) is 10.4. The van der Waals surface area contributed by atoms with Crippen LogP contribution in [0.15, 0.2) is 84.0 Å². The summed E-state index contributed by atoms with van der Waals surface area (Å²) in [5, 5.41) is 12.2. The number of rotatable bonds is 9. The maximum Gasteiger partial charge on any atom is 0.258 e. The van der Waals surface area contributed by atoms with Crippen molar-refractivity contribution >= 4 is 17.7 Å². The van der Waals surface area contributed by atoms with E-state index in [1.54, 1.807) is 24.3 Å². The second-order valence-electron chi connectivity index (χ2n) is 7.36. The molecule has 1 amide bonds. The van der Waals surface area contributed by atoms with Crippen LogP contribution in [0.3, 0.4) is 0 Å². The van der Waals surface area contributed by atoms with E-state index in [0.717, 1.165) is 16.8 Å². The molecular weight excluding hydrogens is 439 g/mol. The zero-order valence-electron chi connectivity index (χ0n) is 18.1. The Kier molecular flexibility index (Phi) is 7.36. The Morgan fingerprint density at radius 2 is 1.73 bits per heavy atom. The summed E-state index contributed by atoms with van der Waals surface area (Å²) in [6.45, 7) is 2.14. The third-order valence-electron chi connectivity index (χ3n) is 4.83. The number of nitrogens with one attached hydrogen (secondary N) is 1. The Labute approximate surface area is 195 Å². The van der Waals surface area contributed by atoms with Crippen LogP contribution in [0.25, 0.3) is 5.69 Å². The Morgan fingerprint density at radius 3 is 2.45 bits per heavy atom. The lowest BCUT2D eigenvalue weighted by molar-refractivity contribution is -0.123. The minimum absolute atomic E-state index is 0.0884. The van der Waals surface area contributed by atoms with Crippen LogP contribution in [0.4, 0.5) is 4.39 Å². The molecule has 1 aromatic heterocycles. The highest BCUT2D eigenvalue weighted by molar-refractivity contribution is 7.98. The standard InChI is InChI=1S/C25H23FN4O2S/c1-18-7-13-21(14-8-18)30-23(15-27-24(31)16-32-22-5-3-2-4-6-22)28-29-25(30)33-17-19-9-11-20(26)12-10-19/h2-14H,15-17H2,1H3,(H,27,31). The van der Waals surface area contributed by atoms with E-state index in [4.69, 9.17) is 4.74 Å². The average Bonchev–Trinajstić information content (AvgIpc) is 3.25. The van der Waals surface area contributed by atoms with Crippen molar-refractivity contribution in [1.29, 1.82) is 0 Å². The van der Waals surface area contributed by atoms with Crippen molar-refractivity contribution in [1.82, 2.24) is 20.1 Å². The SMILES string of the molecule is Cc1ccc(-n2c(CNC(=O)COc3ccccc3)nnc2SCc2ccc(F)cc2)cc1. The average molecular weight is 463 g/mol. The van der Waals surface area contributed by atoms with Crippen molar-refractivity contribution in [3.63, 3.8) is 0 Å². The molecule has 0 aliphatic rings. The van der Waals surface area contributed by atoms with Crippen molar-refractivity contribution in [2.24, 2.45) is 0 Å². The summed E-state index contributed by atoms with van der Waals surface area (Å²) < 4.78 is 20.6. The van der Waals surface area contributed by atoms with Crippen molar-refractivity contribution in [2.45, 2.75) is 24.4 Å². The third-order valence-corrected chi connectivity index (χ3v) is 5.83. The number of amides is 1. The number of thioether (sulfide) groups is 1. The minimum Gasteiger partial charge on any atom is -0.484 e. The highest BCUT2D eigenvalue weighted by atomic mass is 32.2. The van der Waals surface area contributed by atoms with Gasteiger partial charge in [0, 0.05) is 11.4 Å². The predicted octanol–water partition coefficient (Wildman–Crippen LogP) is 4.70. The molecule has 0 atom stereocenters. The van der Waals surface area contributed by atoms with Crippen molar-refractivity contribution in [3.05, 3.63) is 102 Å². The maximum absolute atomic E-state index is 13.2. The van der Waals surface area contributed by atoms with Gasteiger partial charge in [-0.05, 0) is 48.9 Å². The summed E-state index contributed by atoms with van der Waals surface area (Å²) in [6.07, 6.45) is 0. The normalized spacial score (nSPS) is 10.7. The molecule has 0 saturated carbocycles. The number of hydrogen-bond acceptors (Lipinski definition) is 5. The molecule has 33 heavy (non-hydrogen) atoms. The number of nitrogens with zero attached hydrogens (tertiary/aromatic N) is 3. The van der Waals surface area contributed by atoms with Crippen LogP contribution >= 0.6 is 11.8 Å². The molecule has 0 spiro atoms. The van der Waals surface area contributed by atoms with Crippen molar-refractivity contribution in [3.8, 4) is 11.4 Å². The molecule has 6 nitrogen and oxygen atoms in total. The van der Waals surface area contributed by atoms with Gasteiger partial charge in [0.25, 0.3) is 5.91 Å². The van der Waals surface area contributed by atoms with Gasteiger partial charge in [0.2, 0.25) is 0 Å². The monoisotopic (exact) mass is 462 g/mol. The Hall–Kier alpha value is -3.65. The zero-order chi connectivity index (χ0) is 23.0. The van der Waals surface area contributed by atoms with Crippen LogP contribution in [0.1, 0.15) is 17.0 Å². The summed E-state index contributed by atoms with van der Waals surface area (Å²) >= 11 is 1.50. The number of benzene rings is 3. The summed E-state index contributed by atoms with van der Waals surface area (Å²) in [4.78, 5) is 12.3. The third kappa shape index (κ3) is 6.20. The highest BCUT2D eigenvalue weighted by Crippen LogP contribution is 2.25. The molecule has 0 aliphatic carbocycles. The fourth-order valence-corrected chi connectivity index (χ4v) is 4.01. The molecule has 8 heteroatoms. The van der Waals surface area contributed by atoms with Crippen molar-refractivity contribution < 1.29 is 13.9 Å². The van der Waals surface area contributed by atoms with E-state index in [0.29, 0.717) is 22.5 Å². The highest BCUT2D eigenvalue weighted by Gasteiger charge is 2.16. The number of hydrogen-bond donors (Lipinski definition) is 1. The first-order chi connectivity index (χ1) is 16.1. The van der Waals surface area contributed by atoms with Gasteiger partial charge in [-0.15, -0.1) is 10.2 Å². The van der Waals surface area contributed by atoms with E-state index in [9.17, 15) is 9.18 Å². The molecule has 1 N–H and O–H groups in total. The summed E-state index contributed by atoms with van der Waals surface area (Å²) in [5.41, 5.74) is 3.02. The van der Waals surface area contributed by atoms with Crippen molar-refractivity contribution in [2.75, 3.05) is 6.61 Å². The van der Waals surface area contributed by atoms with Crippen LogP contribution in [0.2, 0.25) is 0 Å². The number of ether oxygens (including phenoxy) is 1. The van der Waals surface area contributed by atoms with Crippen LogP contribution < -0.4 is 10.1 Å². The molecule has 4 aromatic rings. The lowest BCUT2D eigenvalue weighted by Gasteiger charge is -2.12. The zero-order valence-corrected chi connectivity index (χ0v) is 18.9. The fraction of sp³-hybridized carbons (Fsp3) is 0.160. The molecule has 0 unspecified atom stereocenters. The molecule has 0 aliphatic heterocycles. The van der Waals surface area contributed by atoms with Gasteiger partial charge in [-0.1, -0.05) is 59.8 Å². The van der Waals surface area contributed by atoms with Gasteiger partial charge in [-0.25, -0.2) is 4.39 Å². The maximum atomic E-state index is 13.2. The van der Waals surface area contributed by atoms with Crippen LogP contribution in [-0.2, 0) is 17.1 Å². The van der Waals surface area contributed by atoms with E-state index in [2.05, 4.69) is 15.5 Å². The Morgan fingerprint density at radius 1 is 1.00 bits per heavy atom. The van der Waals surface area contributed by atoms with Crippen LogP contribution in [0, 0.1) is 12.7 Å². The summed E-state index contributed by atoms with van der Waals surface area (Å²) in [5.74, 6) is 1.34. The Bertz CT molecular complexity index is 1200. The smallest absolute Gasteiger partial charge is 0.258 e. The van der Waals surface area contributed by atoms with Gasteiger partial charge >= 0.3 is 0 Å².